The highest BCUT2D eigenvalue weighted by molar-refractivity contribution is 5.60. The van der Waals surface area contributed by atoms with Crippen LogP contribution in [0.1, 0.15) is 116 Å². The molecule has 2 rings (SSSR count). The number of nitrogens with zero attached hydrogens (tertiary/aromatic N) is 2. The smallest absolute Gasteiger partial charge is 0.140 e. The number of hydrogen-bond donors (Lipinski definition) is 2. The Morgan fingerprint density at radius 1 is 0.939 bits per heavy atom. The molecule has 190 valence electrons. The Labute approximate surface area is 204 Å². The van der Waals surface area contributed by atoms with E-state index in [0.29, 0.717) is 24.3 Å². The first-order valence-electron chi connectivity index (χ1n) is 13.6. The van der Waals surface area contributed by atoms with E-state index in [4.69, 9.17) is 0 Å². The van der Waals surface area contributed by atoms with Gasteiger partial charge in [-0.15, -0.1) is 0 Å². The third kappa shape index (κ3) is 9.11. The van der Waals surface area contributed by atoms with Gasteiger partial charge in [-0.05, 0) is 57.3 Å². The number of hydrogen-bond acceptors (Lipinski definition) is 4. The number of likely N-dealkylation sites (N-methyl/N-ethyl adjacent to an activating group) is 1. The van der Waals surface area contributed by atoms with Gasteiger partial charge in [-0.3, -0.25) is 0 Å². The number of rotatable bonds is 15. The van der Waals surface area contributed by atoms with E-state index in [-0.39, 0.29) is 0 Å². The number of anilines is 1. The molecule has 0 spiro atoms. The fourth-order valence-corrected chi connectivity index (χ4v) is 5.34. The van der Waals surface area contributed by atoms with Crippen molar-refractivity contribution >= 4 is 5.82 Å². The molecule has 0 bridgehead atoms. The molecule has 0 amide bonds. The molecule has 4 nitrogen and oxygen atoms in total. The molecule has 4 heteroatoms. The van der Waals surface area contributed by atoms with Crippen LogP contribution in [0.2, 0.25) is 0 Å². The standard InChI is InChI=1S/C29H52N2O2/c1-21(2)11-8-12-22(3)13-9-14-23(4)15-10-18-29(6,33)19-16-25-26-17-20-31(7)28(26)30-24(5)27(25)32/h21-23,32-33H,8-20H2,1-7H3/t22?,23-,29-/m1/s1. The predicted molar refractivity (Wildman–Crippen MR) is 141 cm³/mol. The number of aromatic nitrogens is 1. The summed E-state index contributed by atoms with van der Waals surface area (Å²) in [5.74, 6) is 3.74. The minimum absolute atomic E-state index is 0.326. The summed E-state index contributed by atoms with van der Waals surface area (Å²) in [4.78, 5) is 6.74. The number of pyridine rings is 1. The van der Waals surface area contributed by atoms with Crippen LogP contribution in [0, 0.1) is 24.7 Å². The van der Waals surface area contributed by atoms with E-state index in [9.17, 15) is 10.2 Å². The second-order valence-electron chi connectivity index (χ2n) is 11.9. The average Bonchev–Trinajstić information content (AvgIpc) is 3.08. The quantitative estimate of drug-likeness (QED) is 0.290. The van der Waals surface area contributed by atoms with Crippen molar-refractivity contribution in [2.45, 2.75) is 124 Å². The number of aromatic hydroxyl groups is 1. The molecule has 0 aromatic carbocycles. The number of aliphatic hydroxyl groups is 1. The van der Waals surface area contributed by atoms with Crippen LogP contribution in [-0.4, -0.2) is 34.4 Å². The van der Waals surface area contributed by atoms with Crippen LogP contribution in [0.5, 0.6) is 5.75 Å². The zero-order chi connectivity index (χ0) is 24.6. The molecular formula is C29H52N2O2. The van der Waals surface area contributed by atoms with Crippen LogP contribution in [0.3, 0.4) is 0 Å². The van der Waals surface area contributed by atoms with E-state index in [1.807, 2.05) is 13.8 Å². The molecular weight excluding hydrogens is 408 g/mol. The third-order valence-corrected chi connectivity index (χ3v) is 7.79. The molecule has 0 fully saturated rings. The van der Waals surface area contributed by atoms with Gasteiger partial charge in [0, 0.05) is 24.7 Å². The van der Waals surface area contributed by atoms with E-state index in [1.54, 1.807) is 0 Å². The van der Waals surface area contributed by atoms with Crippen molar-refractivity contribution in [3.05, 3.63) is 16.8 Å². The lowest BCUT2D eigenvalue weighted by Gasteiger charge is -2.25. The van der Waals surface area contributed by atoms with Crippen molar-refractivity contribution in [2.24, 2.45) is 17.8 Å². The second kappa shape index (κ2) is 13.0. The first-order valence-corrected chi connectivity index (χ1v) is 13.6. The molecule has 0 aliphatic carbocycles. The van der Waals surface area contributed by atoms with Crippen LogP contribution in [0.4, 0.5) is 5.82 Å². The van der Waals surface area contributed by atoms with Crippen molar-refractivity contribution in [1.29, 1.82) is 0 Å². The molecule has 0 radical (unpaired) electrons. The maximum Gasteiger partial charge on any atom is 0.140 e. The third-order valence-electron chi connectivity index (χ3n) is 7.79. The van der Waals surface area contributed by atoms with Crippen molar-refractivity contribution < 1.29 is 10.2 Å². The maximum atomic E-state index is 11.0. The molecule has 3 atom stereocenters. The van der Waals surface area contributed by atoms with E-state index in [1.165, 1.54) is 50.5 Å². The molecule has 1 unspecified atom stereocenters. The predicted octanol–water partition coefficient (Wildman–Crippen LogP) is 7.21. The lowest BCUT2D eigenvalue weighted by Crippen LogP contribution is -2.25. The SMILES string of the molecule is Cc1nc2c(c(CC[C@](C)(O)CCC[C@H](C)CCCC(C)CCCC(C)C)c1O)CCN2C. The fraction of sp³-hybridized carbons (Fsp3) is 0.828. The van der Waals surface area contributed by atoms with E-state index in [2.05, 4.69) is 44.6 Å². The summed E-state index contributed by atoms with van der Waals surface area (Å²) >= 11 is 0. The van der Waals surface area contributed by atoms with E-state index in [0.717, 1.165) is 54.9 Å². The van der Waals surface area contributed by atoms with Gasteiger partial charge in [-0.2, -0.15) is 0 Å². The van der Waals surface area contributed by atoms with E-state index < -0.39 is 5.60 Å². The van der Waals surface area contributed by atoms with Gasteiger partial charge >= 0.3 is 0 Å². The molecule has 33 heavy (non-hydrogen) atoms. The minimum atomic E-state index is -0.689. The summed E-state index contributed by atoms with van der Waals surface area (Å²) in [5, 5.41) is 21.6. The van der Waals surface area contributed by atoms with Gasteiger partial charge in [0.15, 0.2) is 0 Å². The minimum Gasteiger partial charge on any atom is -0.506 e. The molecule has 1 aromatic rings. The van der Waals surface area contributed by atoms with Crippen molar-refractivity contribution in [1.82, 2.24) is 4.98 Å². The van der Waals surface area contributed by atoms with Gasteiger partial charge < -0.3 is 15.1 Å². The van der Waals surface area contributed by atoms with Crippen molar-refractivity contribution in [3.63, 3.8) is 0 Å². The molecule has 1 aliphatic heterocycles. The highest BCUT2D eigenvalue weighted by atomic mass is 16.3. The fourth-order valence-electron chi connectivity index (χ4n) is 5.34. The topological polar surface area (TPSA) is 56.6 Å². The van der Waals surface area contributed by atoms with Crippen LogP contribution >= 0.6 is 0 Å². The van der Waals surface area contributed by atoms with Gasteiger partial charge in [-0.1, -0.05) is 79.1 Å². The second-order valence-corrected chi connectivity index (χ2v) is 11.9. The molecule has 1 aromatic heterocycles. The molecule has 0 saturated carbocycles. The monoisotopic (exact) mass is 460 g/mol. The first kappa shape index (κ1) is 28.0. The normalized spacial score (nSPS) is 17.3. The van der Waals surface area contributed by atoms with Crippen molar-refractivity contribution in [2.75, 3.05) is 18.5 Å². The molecule has 2 N–H and O–H groups in total. The Morgan fingerprint density at radius 3 is 2.12 bits per heavy atom. The Morgan fingerprint density at radius 2 is 1.52 bits per heavy atom. The largest absolute Gasteiger partial charge is 0.506 e. The van der Waals surface area contributed by atoms with Gasteiger partial charge in [-0.25, -0.2) is 4.98 Å². The summed E-state index contributed by atoms with van der Waals surface area (Å²) in [6.45, 7) is 14.2. The van der Waals surface area contributed by atoms with Gasteiger partial charge in [0.1, 0.15) is 11.6 Å². The summed E-state index contributed by atoms with van der Waals surface area (Å²) in [5.41, 5.74) is 2.17. The van der Waals surface area contributed by atoms with Crippen LogP contribution < -0.4 is 4.90 Å². The van der Waals surface area contributed by atoms with Crippen LogP contribution in [-0.2, 0) is 12.8 Å². The van der Waals surface area contributed by atoms with Gasteiger partial charge in [0.25, 0.3) is 0 Å². The molecule has 2 heterocycles. The average molecular weight is 461 g/mol. The van der Waals surface area contributed by atoms with Crippen molar-refractivity contribution in [3.8, 4) is 5.75 Å². The Bertz CT molecular complexity index is 729. The molecule has 0 saturated heterocycles. The van der Waals surface area contributed by atoms with Crippen LogP contribution in [0.15, 0.2) is 0 Å². The highest BCUT2D eigenvalue weighted by Gasteiger charge is 2.27. The van der Waals surface area contributed by atoms with Crippen LogP contribution in [0.25, 0.3) is 0 Å². The lowest BCUT2D eigenvalue weighted by molar-refractivity contribution is 0.0385. The molecule has 1 aliphatic rings. The summed E-state index contributed by atoms with van der Waals surface area (Å²) in [6.07, 6.45) is 13.5. The van der Waals surface area contributed by atoms with Gasteiger partial charge in [0.2, 0.25) is 0 Å². The lowest BCUT2D eigenvalue weighted by atomic mass is 9.87. The Balaban J connectivity index is 1.70. The Kier molecular flexibility index (Phi) is 11.0. The van der Waals surface area contributed by atoms with Gasteiger partial charge in [0.05, 0.1) is 11.3 Å². The number of aryl methyl sites for hydroxylation is 1. The summed E-state index contributed by atoms with van der Waals surface area (Å²) < 4.78 is 0. The number of fused-ring (bicyclic) bond motifs is 1. The zero-order valence-corrected chi connectivity index (χ0v) is 22.7. The Hall–Kier alpha value is -1.29. The summed E-state index contributed by atoms with van der Waals surface area (Å²) in [7, 11) is 2.06. The maximum absolute atomic E-state index is 11.0. The van der Waals surface area contributed by atoms with E-state index >= 15 is 0 Å². The highest BCUT2D eigenvalue weighted by Crippen LogP contribution is 2.37. The zero-order valence-electron chi connectivity index (χ0n) is 22.7. The first-order chi connectivity index (χ1) is 15.5. The summed E-state index contributed by atoms with van der Waals surface area (Å²) in [6, 6.07) is 0.